The molecule has 0 atom stereocenters. The molecule has 4 heterocycles. The Morgan fingerprint density at radius 3 is 0.916 bits per heavy atom. The molecule has 0 saturated carbocycles. The summed E-state index contributed by atoms with van der Waals surface area (Å²) in [5.74, 6) is 3.46. The van der Waals surface area contributed by atoms with Gasteiger partial charge in [0.2, 0.25) is 0 Å². The predicted molar refractivity (Wildman–Crippen MR) is 428 cm³/mol. The van der Waals surface area contributed by atoms with Gasteiger partial charge in [0, 0.05) is 20.5 Å². The highest BCUT2D eigenvalue weighted by atomic mass is 79.9. The molecule has 10 rings (SSSR count). The van der Waals surface area contributed by atoms with Gasteiger partial charge in [-0.3, -0.25) is 4.18 Å². The second-order valence-electron chi connectivity index (χ2n) is 29.0. The molecule has 0 spiro atoms. The maximum absolute atomic E-state index is 11.6. The Labute approximate surface area is 662 Å². The van der Waals surface area contributed by atoms with E-state index in [0.29, 0.717) is 98.2 Å². The molecular formula is C77H109B4Br3O22S. The van der Waals surface area contributed by atoms with E-state index in [1.54, 1.807) is 43.5 Å². The molecule has 6 aromatic carbocycles. The van der Waals surface area contributed by atoms with Crippen LogP contribution < -0.4 is 29.9 Å². The molecule has 4 aliphatic heterocycles. The maximum atomic E-state index is 11.6. The van der Waals surface area contributed by atoms with Crippen molar-refractivity contribution in [3.63, 3.8) is 0 Å². The van der Waals surface area contributed by atoms with Crippen LogP contribution in [0.5, 0.6) is 28.7 Å². The fourth-order valence-corrected chi connectivity index (χ4v) is 11.7. The van der Waals surface area contributed by atoms with Crippen LogP contribution in [0.4, 0.5) is 0 Å². The molecule has 0 radical (unpaired) electrons. The van der Waals surface area contributed by atoms with E-state index in [4.69, 9.17) is 93.9 Å². The zero-order chi connectivity index (χ0) is 78.6. The number of benzene rings is 6. The largest absolute Gasteiger partial charge is 0.508 e. The minimum Gasteiger partial charge on any atom is -0.508 e. The molecule has 107 heavy (non-hydrogen) atoms. The standard InChI is InChI=1S/C30H44B2O8.C18H20Br2O4.C12H24B2O4.C11H16O5S.C6H5BrO/c1-27(2)28(3,4)38-31(37-27)23-11-9-13-25(21-23)35-19-17-33-15-16-34-18-20-36-26-14-10-12-24(22-26)32-39-29(5,6)30(7,8)40-32;19-15-3-1-5-17(13-15)23-11-9-21-7-8-22-10-12-24-18-6-2-4-16(20)14-18;1-9(2)10(3,4)16-13(15-9)14-17-11(5,6)12(7,8)18-14;1-14-7-8-15-9-10-16-17(12,13)11-5-3-2-4-6-11;7-5-2-1-3-6(8)4-5/h9-14,21-22H,15-20H2,1-8H3;1-6,13-14H,7-12H2;1-8H3;2-6H,7-10H2,1H3;1-4,8H. The van der Waals surface area contributed by atoms with Crippen LogP contribution in [-0.2, 0) is 80.0 Å². The normalized spacial score (nSPS) is 18.0. The van der Waals surface area contributed by atoms with Crippen molar-refractivity contribution in [2.75, 3.05) is 113 Å². The molecule has 22 nitrogen and oxygen atoms in total. The summed E-state index contributed by atoms with van der Waals surface area (Å²) >= 11 is 10.0. The molecule has 1 N–H and O–H groups in total. The van der Waals surface area contributed by atoms with Gasteiger partial charge in [-0.1, -0.05) is 108 Å². The molecule has 30 heteroatoms. The van der Waals surface area contributed by atoms with Crippen molar-refractivity contribution in [1.29, 1.82) is 0 Å². The van der Waals surface area contributed by atoms with Crippen LogP contribution >= 0.6 is 47.8 Å². The first-order valence-electron chi connectivity index (χ1n) is 35.8. The van der Waals surface area contributed by atoms with Crippen LogP contribution in [0, 0.1) is 0 Å². The Balaban J connectivity index is 0.000000228. The van der Waals surface area contributed by atoms with E-state index in [2.05, 4.69) is 47.8 Å². The van der Waals surface area contributed by atoms with Crippen LogP contribution in [-0.4, -0.2) is 199 Å². The molecular weight excluding hydrogens is 1590 g/mol. The summed E-state index contributed by atoms with van der Waals surface area (Å²) in [6.07, 6.45) is 0. The van der Waals surface area contributed by atoms with Crippen molar-refractivity contribution in [3.05, 3.63) is 165 Å². The highest BCUT2D eigenvalue weighted by Crippen LogP contribution is 2.44. The van der Waals surface area contributed by atoms with E-state index in [0.717, 1.165) is 47.3 Å². The van der Waals surface area contributed by atoms with Crippen LogP contribution in [0.15, 0.2) is 170 Å². The summed E-state index contributed by atoms with van der Waals surface area (Å²) < 4.78 is 134. The number of phenolic OH excluding ortho intramolecular Hbond substituents is 1. The van der Waals surface area contributed by atoms with Crippen LogP contribution in [0.2, 0.25) is 0 Å². The van der Waals surface area contributed by atoms with Gasteiger partial charge in [0.25, 0.3) is 10.1 Å². The van der Waals surface area contributed by atoms with E-state index in [1.807, 2.05) is 214 Å². The summed E-state index contributed by atoms with van der Waals surface area (Å²) in [6.45, 7) is 39.6. The fourth-order valence-electron chi connectivity index (χ4n) is 9.67. The molecule has 0 unspecified atom stereocenters. The van der Waals surface area contributed by atoms with Crippen molar-refractivity contribution in [1.82, 2.24) is 0 Å². The first kappa shape index (κ1) is 91.2. The van der Waals surface area contributed by atoms with Crippen molar-refractivity contribution in [3.8, 4) is 28.7 Å². The van der Waals surface area contributed by atoms with E-state index in [1.165, 1.54) is 12.1 Å². The summed E-state index contributed by atoms with van der Waals surface area (Å²) in [5, 5.41) is 8.78. The number of rotatable bonds is 33. The zero-order valence-electron chi connectivity index (χ0n) is 65.1. The van der Waals surface area contributed by atoms with Crippen LogP contribution in [0.25, 0.3) is 0 Å². The van der Waals surface area contributed by atoms with Crippen LogP contribution in [0.3, 0.4) is 0 Å². The minimum atomic E-state index is -3.66. The van der Waals surface area contributed by atoms with Crippen molar-refractivity contribution in [2.24, 2.45) is 0 Å². The lowest BCUT2D eigenvalue weighted by Gasteiger charge is -2.32. The van der Waals surface area contributed by atoms with Gasteiger partial charge in [0.1, 0.15) is 55.2 Å². The van der Waals surface area contributed by atoms with Crippen molar-refractivity contribution < 1.29 is 102 Å². The predicted octanol–water partition coefficient (Wildman–Crippen LogP) is 13.9. The Hall–Kier alpha value is -4.63. The smallest absolute Gasteiger partial charge is 0.494 e. The van der Waals surface area contributed by atoms with Crippen LogP contribution in [0.1, 0.15) is 111 Å². The minimum absolute atomic E-state index is 0.000934. The number of aromatic hydroxyl groups is 1. The lowest BCUT2D eigenvalue weighted by molar-refractivity contribution is 0.00578. The summed E-state index contributed by atoms with van der Waals surface area (Å²) in [6, 6.07) is 46.0. The Kier molecular flexibility index (Phi) is 36.5. The molecule has 588 valence electrons. The first-order chi connectivity index (χ1) is 50.4. The average molecular weight is 1700 g/mol. The lowest BCUT2D eigenvalue weighted by atomic mass is 9.49. The molecule has 4 aliphatic rings. The van der Waals surface area contributed by atoms with Crippen molar-refractivity contribution >= 4 is 97.1 Å². The third-order valence-electron chi connectivity index (χ3n) is 18.6. The molecule has 0 bridgehead atoms. The third-order valence-corrected chi connectivity index (χ3v) is 21.4. The Morgan fingerprint density at radius 1 is 0.327 bits per heavy atom. The molecule has 0 amide bonds. The summed E-state index contributed by atoms with van der Waals surface area (Å²) in [5.41, 5.74) is -1.08. The quantitative estimate of drug-likeness (QED) is 0.0229. The lowest BCUT2D eigenvalue weighted by Crippen LogP contribution is -2.41. The third kappa shape index (κ3) is 30.1. The number of methoxy groups -OCH3 is 1. The Bertz CT molecular complexity index is 3450. The van der Waals surface area contributed by atoms with Gasteiger partial charge in [-0.05, 0) is 213 Å². The zero-order valence-corrected chi connectivity index (χ0v) is 70.7. The van der Waals surface area contributed by atoms with E-state index in [9.17, 15) is 8.42 Å². The van der Waals surface area contributed by atoms with E-state index >= 15 is 0 Å². The van der Waals surface area contributed by atoms with Gasteiger partial charge >= 0.3 is 28.3 Å². The highest BCUT2D eigenvalue weighted by Gasteiger charge is 2.64. The van der Waals surface area contributed by atoms with Gasteiger partial charge in [-0.15, -0.1) is 0 Å². The average Bonchev–Trinajstić information content (AvgIpc) is 1.60. The summed E-state index contributed by atoms with van der Waals surface area (Å²) in [4.78, 5) is 0.150. The van der Waals surface area contributed by atoms with Gasteiger partial charge in [-0.2, -0.15) is 8.42 Å². The number of halogens is 3. The number of hydrogen-bond donors (Lipinski definition) is 1. The summed E-state index contributed by atoms with van der Waals surface area (Å²) in [7, 11) is -3.87. The van der Waals surface area contributed by atoms with E-state index < -0.39 is 38.4 Å². The first-order valence-corrected chi connectivity index (χ1v) is 39.6. The van der Waals surface area contributed by atoms with Gasteiger partial charge < -0.3 is 89.7 Å². The van der Waals surface area contributed by atoms with Gasteiger partial charge in [-0.25, -0.2) is 0 Å². The maximum Gasteiger partial charge on any atom is 0.494 e. The van der Waals surface area contributed by atoms with Gasteiger partial charge in [0.05, 0.1) is 129 Å². The second kappa shape index (κ2) is 42.9. The molecule has 0 aliphatic carbocycles. The Morgan fingerprint density at radius 2 is 0.607 bits per heavy atom. The molecule has 0 aromatic heterocycles. The second-order valence-corrected chi connectivity index (χ2v) is 33.4. The monoisotopic (exact) mass is 1700 g/mol. The highest BCUT2D eigenvalue weighted by molar-refractivity contribution is 9.11. The van der Waals surface area contributed by atoms with Gasteiger partial charge in [0.15, 0.2) is 0 Å². The molecule has 6 aromatic rings. The number of phenols is 1. The SMILES string of the molecule is Brc1cccc(OCCOCCOCCOc2cccc(Br)c2)c1.CC1(C)OB(B2OC(C)(C)C(C)(C)O2)OC1(C)C.CC1(C)OB(c2cccc(OCCOCCOCCOc3cccc(B4OC(C)(C)C(C)(C)O4)c3)c2)OC1(C)C.COCCOCCOS(=O)(=O)c1ccccc1.Oc1cccc(Br)c1. The number of hydrogen-bond acceptors (Lipinski definition) is 22. The van der Waals surface area contributed by atoms with Crippen molar-refractivity contribution in [2.45, 2.75) is 160 Å². The fraction of sp³-hybridized carbons (Fsp3) is 0.532. The molecule has 4 saturated heterocycles. The molecule has 4 fully saturated rings. The van der Waals surface area contributed by atoms with E-state index in [-0.39, 0.29) is 62.9 Å². The number of ether oxygens (including phenoxy) is 10. The topological polar surface area (TPSA) is 230 Å².